The topological polar surface area (TPSA) is 3.24 Å². The molecular weight excluding hydrogens is 210 g/mol. The molecule has 0 N–H and O–H groups in total. The van der Waals surface area contributed by atoms with E-state index in [9.17, 15) is 0 Å². The van der Waals surface area contributed by atoms with E-state index in [2.05, 4.69) is 35.3 Å². The number of fused-ring (bicyclic) bond motifs is 2. The van der Waals surface area contributed by atoms with E-state index in [4.69, 9.17) is 0 Å². The lowest BCUT2D eigenvalue weighted by Crippen LogP contribution is -2.24. The van der Waals surface area contributed by atoms with Crippen LogP contribution >= 0.6 is 23.5 Å². The van der Waals surface area contributed by atoms with Gasteiger partial charge in [-0.3, -0.25) is 4.90 Å². The quantitative estimate of drug-likeness (QED) is 0.626. The first-order chi connectivity index (χ1) is 6.84. The van der Waals surface area contributed by atoms with Crippen LogP contribution in [0.15, 0.2) is 9.81 Å². The van der Waals surface area contributed by atoms with Crippen molar-refractivity contribution in [1.29, 1.82) is 0 Å². The van der Waals surface area contributed by atoms with Crippen molar-refractivity contribution >= 4 is 23.5 Å². The van der Waals surface area contributed by atoms with E-state index >= 15 is 0 Å². The Kier molecular flexibility index (Phi) is 2.58. The lowest BCUT2D eigenvalue weighted by molar-refractivity contribution is 0.356. The Bertz CT molecular complexity index is 266. The Morgan fingerprint density at radius 3 is 2.64 bits per heavy atom. The number of hydrogen-bond donors (Lipinski definition) is 0. The van der Waals surface area contributed by atoms with Crippen molar-refractivity contribution in [3.63, 3.8) is 0 Å². The highest BCUT2D eigenvalue weighted by atomic mass is 32.2. The summed E-state index contributed by atoms with van der Waals surface area (Å²) < 4.78 is 1.69. The summed E-state index contributed by atoms with van der Waals surface area (Å²) in [6, 6.07) is 0. The van der Waals surface area contributed by atoms with E-state index in [0.717, 1.165) is 11.8 Å². The molecule has 2 bridgehead atoms. The van der Waals surface area contributed by atoms with E-state index in [0.29, 0.717) is 0 Å². The van der Waals surface area contributed by atoms with Gasteiger partial charge in [-0.25, -0.2) is 0 Å². The summed E-state index contributed by atoms with van der Waals surface area (Å²) in [5, 5.41) is 0. The zero-order valence-corrected chi connectivity index (χ0v) is 10.3. The molecule has 3 aliphatic heterocycles. The Morgan fingerprint density at radius 2 is 2.00 bits per heavy atom. The normalized spacial score (nSPS) is 42.2. The van der Waals surface area contributed by atoms with E-state index in [1.807, 2.05) is 0 Å². The number of thioether (sulfide) groups is 2. The molecule has 3 saturated heterocycles. The molecule has 0 spiro atoms. The predicted molar refractivity (Wildman–Crippen MR) is 65.7 cm³/mol. The lowest BCUT2D eigenvalue weighted by Gasteiger charge is -2.25. The minimum Gasteiger partial charge on any atom is -0.298 e. The molecule has 1 nitrogen and oxygen atoms in total. The zero-order valence-electron chi connectivity index (χ0n) is 8.66. The molecule has 0 amide bonds. The maximum atomic E-state index is 2.63. The van der Waals surface area contributed by atoms with Gasteiger partial charge in [0.2, 0.25) is 0 Å². The third kappa shape index (κ3) is 1.54. The van der Waals surface area contributed by atoms with Gasteiger partial charge in [-0.1, -0.05) is 6.92 Å². The maximum absolute atomic E-state index is 2.63. The minimum absolute atomic E-state index is 0.906. The summed E-state index contributed by atoms with van der Waals surface area (Å²) in [6.07, 6.45) is 1.40. The third-order valence-electron chi connectivity index (χ3n) is 3.55. The summed E-state index contributed by atoms with van der Waals surface area (Å²) >= 11 is 4.24. The van der Waals surface area contributed by atoms with Crippen LogP contribution in [0.3, 0.4) is 0 Å². The molecule has 0 aromatic rings. The van der Waals surface area contributed by atoms with E-state index in [-0.39, 0.29) is 0 Å². The standard InChI is InChI=1S/C11H17NS2/c1-8-5-12-6-9(8)10(7-12)11-13-3-2-4-14-11/h8-9H,2-7H2,1H3. The molecule has 3 heteroatoms. The van der Waals surface area contributed by atoms with E-state index < -0.39 is 0 Å². The maximum Gasteiger partial charge on any atom is 0.0409 e. The van der Waals surface area contributed by atoms with Gasteiger partial charge in [-0.15, -0.1) is 23.5 Å². The van der Waals surface area contributed by atoms with Gasteiger partial charge in [-0.05, 0) is 35.3 Å². The van der Waals surface area contributed by atoms with Crippen molar-refractivity contribution in [2.24, 2.45) is 11.8 Å². The fraction of sp³-hybridized carbons (Fsp3) is 0.818. The van der Waals surface area contributed by atoms with Crippen LogP contribution < -0.4 is 0 Å². The van der Waals surface area contributed by atoms with Gasteiger partial charge in [-0.2, -0.15) is 0 Å². The van der Waals surface area contributed by atoms with Crippen LogP contribution in [0.1, 0.15) is 13.3 Å². The number of rotatable bonds is 0. The molecule has 3 rings (SSSR count). The summed E-state index contributed by atoms with van der Waals surface area (Å²) in [6.45, 7) is 6.39. The highest BCUT2D eigenvalue weighted by Crippen LogP contribution is 2.46. The molecule has 0 radical (unpaired) electrons. The second kappa shape index (κ2) is 3.76. The highest BCUT2D eigenvalue weighted by Gasteiger charge is 2.40. The molecule has 3 unspecified atom stereocenters. The fourth-order valence-electron chi connectivity index (χ4n) is 2.84. The van der Waals surface area contributed by atoms with Crippen LogP contribution in [0.25, 0.3) is 0 Å². The van der Waals surface area contributed by atoms with Crippen LogP contribution in [0.4, 0.5) is 0 Å². The Hall–Kier alpha value is 0.400. The van der Waals surface area contributed by atoms with Crippen LogP contribution in [0.2, 0.25) is 0 Å². The summed E-state index contributed by atoms with van der Waals surface area (Å²) in [5.41, 5.74) is 1.79. The monoisotopic (exact) mass is 227 g/mol. The second-order valence-corrected chi connectivity index (χ2v) is 7.11. The Morgan fingerprint density at radius 1 is 1.21 bits per heavy atom. The lowest BCUT2D eigenvalue weighted by atomic mass is 9.91. The molecule has 0 saturated carbocycles. The molecule has 0 aromatic carbocycles. The van der Waals surface area contributed by atoms with Crippen molar-refractivity contribution in [3.05, 3.63) is 9.81 Å². The van der Waals surface area contributed by atoms with E-state index in [1.54, 1.807) is 9.81 Å². The van der Waals surface area contributed by atoms with Crippen molar-refractivity contribution in [1.82, 2.24) is 4.90 Å². The summed E-state index contributed by atoms with van der Waals surface area (Å²) in [5.74, 6) is 4.53. The number of piperidine rings is 1. The molecule has 3 fully saturated rings. The zero-order chi connectivity index (χ0) is 9.54. The van der Waals surface area contributed by atoms with Gasteiger partial charge in [0.25, 0.3) is 0 Å². The average Bonchev–Trinajstić information content (AvgIpc) is 2.77. The van der Waals surface area contributed by atoms with Crippen molar-refractivity contribution in [2.75, 3.05) is 31.1 Å². The first-order valence-corrected chi connectivity index (χ1v) is 7.52. The first-order valence-electron chi connectivity index (χ1n) is 5.55. The fourth-order valence-corrected chi connectivity index (χ4v) is 5.61. The van der Waals surface area contributed by atoms with Crippen molar-refractivity contribution in [3.8, 4) is 0 Å². The Labute approximate surface area is 94.7 Å². The molecule has 3 atom stereocenters. The molecule has 0 aliphatic carbocycles. The van der Waals surface area contributed by atoms with Gasteiger partial charge >= 0.3 is 0 Å². The van der Waals surface area contributed by atoms with E-state index in [1.165, 1.54) is 37.6 Å². The molecular formula is C11H17NS2. The van der Waals surface area contributed by atoms with Crippen LogP contribution in [0.5, 0.6) is 0 Å². The average molecular weight is 227 g/mol. The third-order valence-corrected chi connectivity index (χ3v) is 6.29. The largest absolute Gasteiger partial charge is 0.298 e. The van der Waals surface area contributed by atoms with Crippen LogP contribution in [-0.4, -0.2) is 36.0 Å². The second-order valence-electron chi connectivity index (χ2n) is 4.64. The van der Waals surface area contributed by atoms with Gasteiger partial charge < -0.3 is 0 Å². The molecule has 78 valence electrons. The highest BCUT2D eigenvalue weighted by molar-refractivity contribution is 8.22. The SMILES string of the molecule is CC1CN2CC(=C3SCCCS3)C1C2. The summed E-state index contributed by atoms with van der Waals surface area (Å²) in [4.78, 5) is 2.63. The van der Waals surface area contributed by atoms with Crippen LogP contribution in [-0.2, 0) is 0 Å². The van der Waals surface area contributed by atoms with Gasteiger partial charge in [0.15, 0.2) is 0 Å². The summed E-state index contributed by atoms with van der Waals surface area (Å²) in [7, 11) is 0. The van der Waals surface area contributed by atoms with Gasteiger partial charge in [0, 0.05) is 23.9 Å². The Balaban J connectivity index is 1.84. The van der Waals surface area contributed by atoms with Crippen molar-refractivity contribution < 1.29 is 0 Å². The predicted octanol–water partition coefficient (Wildman–Crippen LogP) is 2.65. The van der Waals surface area contributed by atoms with Crippen molar-refractivity contribution in [2.45, 2.75) is 13.3 Å². The van der Waals surface area contributed by atoms with Gasteiger partial charge in [0.1, 0.15) is 0 Å². The molecule has 14 heavy (non-hydrogen) atoms. The number of hydrogen-bond acceptors (Lipinski definition) is 3. The van der Waals surface area contributed by atoms with Gasteiger partial charge in [0.05, 0.1) is 0 Å². The smallest absolute Gasteiger partial charge is 0.0409 e. The number of nitrogens with zero attached hydrogens (tertiary/aromatic N) is 1. The van der Waals surface area contributed by atoms with Crippen LogP contribution in [0, 0.1) is 11.8 Å². The molecule has 0 aromatic heterocycles. The molecule has 3 aliphatic rings. The minimum atomic E-state index is 0.906. The molecule has 3 heterocycles. The first kappa shape index (κ1) is 9.61.